The summed E-state index contributed by atoms with van der Waals surface area (Å²) in [5, 5.41) is 29.5. The fraction of sp³-hybridized carbons (Fsp3) is 0. The van der Waals surface area contributed by atoms with Crippen LogP contribution >= 0.6 is 0 Å². The number of pyridine rings is 2. The maximum atomic E-state index is 8.25. The molecule has 0 aliphatic carbocycles. The molecule has 0 saturated heterocycles. The molecular weight excluding hydrogens is 548 g/mol. The molecule has 37 heavy (non-hydrogen) atoms. The van der Waals surface area contributed by atoms with Crippen LogP contribution in [-0.4, -0.2) is 50.0 Å². The Morgan fingerprint density at radius 2 is 0.811 bits per heavy atom. The molecule has 0 aromatic carbocycles. The second-order valence-corrected chi connectivity index (χ2v) is 5.63. The molecule has 8 N–H and O–H groups in total. The van der Waals surface area contributed by atoms with Crippen molar-refractivity contribution < 1.29 is 27.2 Å². The minimum atomic E-state index is -1.75. The van der Waals surface area contributed by atoms with Gasteiger partial charge < -0.3 is 53.6 Å². The van der Waals surface area contributed by atoms with Crippen LogP contribution in [0.4, 0.5) is 23.8 Å². The van der Waals surface area contributed by atoms with Crippen LogP contribution in [0.1, 0.15) is 0 Å². The summed E-state index contributed by atoms with van der Waals surface area (Å²) >= 11 is 0. The first kappa shape index (κ1) is 31.4. The minimum absolute atomic E-state index is 0. The first-order chi connectivity index (χ1) is 17.0. The molecule has 0 aliphatic heterocycles. The minimum Gasteiger partial charge on any atom is -0.368 e. The van der Waals surface area contributed by atoms with E-state index in [4.69, 9.17) is 53.6 Å². The number of nitrogens with zero attached hydrogens (tertiary/aromatic N) is 10. The number of hydrogen-bond acceptors (Lipinski definition) is 18. The van der Waals surface area contributed by atoms with Gasteiger partial charge in [0.05, 0.1) is 10.2 Å². The largest absolute Gasteiger partial charge is 2.00 e. The van der Waals surface area contributed by atoms with E-state index in [2.05, 4.69) is 39.9 Å². The van der Waals surface area contributed by atoms with Crippen LogP contribution in [0, 0.1) is 30.6 Å². The molecule has 4 aromatic heterocycles. The smallest absolute Gasteiger partial charge is 0.368 e. The van der Waals surface area contributed by atoms with Gasteiger partial charge in [0.2, 0.25) is 23.8 Å². The molecule has 0 amide bonds. The van der Waals surface area contributed by atoms with E-state index < -0.39 is 10.2 Å². The predicted octanol–water partition coefficient (Wildman–Crippen LogP) is -0.285. The van der Waals surface area contributed by atoms with Gasteiger partial charge in [-0.15, -0.1) is 0 Å². The molecule has 20 nitrogen and oxygen atoms in total. The third-order valence-corrected chi connectivity index (χ3v) is 3.13. The fourth-order valence-corrected chi connectivity index (χ4v) is 2.04. The molecule has 4 heterocycles. The summed E-state index contributed by atoms with van der Waals surface area (Å²) in [6.07, 6.45) is 3.29. The van der Waals surface area contributed by atoms with Crippen LogP contribution in [0.15, 0.2) is 48.8 Å². The van der Waals surface area contributed by atoms with Crippen LogP contribution in [0.2, 0.25) is 0 Å². The second-order valence-electron chi connectivity index (χ2n) is 5.63. The van der Waals surface area contributed by atoms with Gasteiger partial charge in [-0.25, -0.2) is 0 Å². The molecule has 197 valence electrons. The Bertz CT molecular complexity index is 1120. The summed E-state index contributed by atoms with van der Waals surface area (Å²) in [4.78, 5) is 47.6. The van der Waals surface area contributed by atoms with Gasteiger partial charge in [0.15, 0.2) is 11.6 Å². The summed E-state index contributed by atoms with van der Waals surface area (Å²) in [5.41, 5.74) is 22.9. The van der Waals surface area contributed by atoms with Crippen LogP contribution in [0.5, 0.6) is 0 Å². The Morgan fingerprint density at radius 1 is 0.541 bits per heavy atom. The number of nitrogens with two attached hydrogens (primary N) is 4. The van der Waals surface area contributed by atoms with E-state index in [-0.39, 0.29) is 40.9 Å². The Morgan fingerprint density at radius 3 is 1.03 bits per heavy atom. The Labute approximate surface area is 216 Å². The summed E-state index contributed by atoms with van der Waals surface area (Å²) in [6.45, 7) is 0. The van der Waals surface area contributed by atoms with E-state index >= 15 is 0 Å². The van der Waals surface area contributed by atoms with Crippen LogP contribution in [0.3, 0.4) is 0 Å². The van der Waals surface area contributed by atoms with Crippen LogP contribution < -0.4 is 22.9 Å². The van der Waals surface area contributed by atoms with Gasteiger partial charge in [0.25, 0.3) is 0 Å². The third kappa shape index (κ3) is 13.7. The molecule has 0 bridgehead atoms. The van der Waals surface area contributed by atoms with Crippen molar-refractivity contribution in [2.45, 2.75) is 0 Å². The number of aromatic nitrogens is 8. The average Bonchev–Trinajstić information content (AvgIpc) is 2.79. The van der Waals surface area contributed by atoms with Crippen molar-refractivity contribution in [3.8, 4) is 23.0 Å². The van der Waals surface area contributed by atoms with E-state index in [0.717, 1.165) is 0 Å². The summed E-state index contributed by atoms with van der Waals surface area (Å²) < 4.78 is 0. The van der Waals surface area contributed by atoms with Crippen molar-refractivity contribution in [2.75, 3.05) is 22.9 Å². The summed E-state index contributed by atoms with van der Waals surface area (Å²) in [6, 6.07) is 10.8. The summed E-state index contributed by atoms with van der Waals surface area (Å²) in [5.74, 6) is 1.15. The average molecular weight is 564 g/mol. The predicted molar refractivity (Wildman–Crippen MR) is 124 cm³/mol. The normalized spacial score (nSPS) is 8.86. The number of anilines is 4. The molecule has 0 saturated carbocycles. The maximum absolute atomic E-state index is 8.25. The van der Waals surface area contributed by atoms with Gasteiger partial charge in [0.1, 0.15) is 11.4 Å². The van der Waals surface area contributed by atoms with Crippen molar-refractivity contribution in [3.05, 3.63) is 79.4 Å². The number of nitrogen functional groups attached to an aromatic ring is 4. The Balaban J connectivity index is 0.000000535. The van der Waals surface area contributed by atoms with Gasteiger partial charge in [0, 0.05) is 12.4 Å². The van der Waals surface area contributed by atoms with Gasteiger partial charge in [-0.3, -0.25) is 9.97 Å². The van der Waals surface area contributed by atoms with Crippen molar-refractivity contribution in [3.63, 3.8) is 0 Å². The molecular formula is C16H16CuN14O6. The van der Waals surface area contributed by atoms with Gasteiger partial charge in [-0.2, -0.15) is 29.9 Å². The van der Waals surface area contributed by atoms with E-state index in [1.165, 1.54) is 0 Å². The first-order valence-electron chi connectivity index (χ1n) is 8.97. The van der Waals surface area contributed by atoms with Crippen molar-refractivity contribution in [1.82, 2.24) is 39.9 Å². The van der Waals surface area contributed by atoms with Crippen LogP contribution in [-0.2, 0) is 17.1 Å². The maximum Gasteiger partial charge on any atom is 2.00 e. The van der Waals surface area contributed by atoms with Crippen LogP contribution in [0.25, 0.3) is 23.0 Å². The van der Waals surface area contributed by atoms with E-state index in [0.29, 0.717) is 23.0 Å². The van der Waals surface area contributed by atoms with Gasteiger partial charge in [-0.05, 0) is 24.3 Å². The number of hydrogen-bond donors (Lipinski definition) is 4. The van der Waals surface area contributed by atoms with Gasteiger partial charge >= 0.3 is 17.1 Å². The van der Waals surface area contributed by atoms with E-state index in [1.807, 2.05) is 12.1 Å². The third-order valence-electron chi connectivity index (χ3n) is 3.13. The molecule has 1 radical (unpaired) electrons. The Hall–Kier alpha value is -5.56. The van der Waals surface area contributed by atoms with Crippen molar-refractivity contribution in [2.24, 2.45) is 0 Å². The standard InChI is InChI=1S/2C8H8N6.Cu.2NO3/c2*9-7-12-6(13-8(10)14-7)5-3-1-2-4-11-5;;2*2-1(3)4/h2*1-4H,(H4,9,10,12,13,14);;;/q;;+2;2*-1. The topological polar surface area (TPSA) is 340 Å². The summed E-state index contributed by atoms with van der Waals surface area (Å²) in [7, 11) is 0. The molecule has 0 unspecified atom stereocenters. The molecule has 0 aliphatic rings. The number of rotatable bonds is 2. The Kier molecular flexibility index (Phi) is 13.7. The molecule has 4 rings (SSSR count). The fourth-order valence-electron chi connectivity index (χ4n) is 2.04. The van der Waals surface area contributed by atoms with Crippen molar-refractivity contribution >= 4 is 23.8 Å². The van der Waals surface area contributed by atoms with E-state index in [9.17, 15) is 0 Å². The van der Waals surface area contributed by atoms with Gasteiger partial charge in [-0.1, -0.05) is 12.1 Å². The zero-order valence-electron chi connectivity index (χ0n) is 18.2. The second kappa shape index (κ2) is 16.1. The monoisotopic (exact) mass is 563 g/mol. The van der Waals surface area contributed by atoms with E-state index in [1.54, 1.807) is 36.7 Å². The molecule has 0 fully saturated rings. The molecule has 0 spiro atoms. The zero-order chi connectivity index (χ0) is 27.1. The quantitative estimate of drug-likeness (QED) is 0.138. The molecule has 0 atom stereocenters. The molecule has 21 heteroatoms. The first-order valence-corrected chi connectivity index (χ1v) is 8.97. The van der Waals surface area contributed by atoms with Crippen molar-refractivity contribution in [1.29, 1.82) is 0 Å². The molecule has 4 aromatic rings. The zero-order valence-corrected chi connectivity index (χ0v) is 19.1. The SMILES string of the molecule is Nc1nc(N)nc(-c2ccccn2)n1.Nc1nc(N)nc(-c2ccccn2)n1.O=[N+]([O-])[O-].O=[N+]([O-])[O-].[Cu+2].